The number of carbonyl (C=O) groups is 1. The van der Waals surface area contributed by atoms with Gasteiger partial charge in [0, 0.05) is 18.5 Å². The molecule has 2 aliphatic carbocycles. The fourth-order valence-electron chi connectivity index (χ4n) is 4.00. The molecule has 1 saturated heterocycles. The van der Waals surface area contributed by atoms with Crippen LogP contribution in [-0.4, -0.2) is 18.0 Å². The van der Waals surface area contributed by atoms with E-state index in [1.165, 1.54) is 25.7 Å². The lowest BCUT2D eigenvalue weighted by molar-refractivity contribution is -0.124. The average molecular weight is 208 g/mol. The summed E-state index contributed by atoms with van der Waals surface area (Å²) in [5.41, 5.74) is 6.14. The highest BCUT2D eigenvalue weighted by atomic mass is 16.1. The summed E-state index contributed by atoms with van der Waals surface area (Å²) >= 11 is 0. The molecular formula is C12H20N2O. The number of hydrogen-bond acceptors (Lipinski definition) is 2. The Bertz CT molecular complexity index is 279. The van der Waals surface area contributed by atoms with E-state index < -0.39 is 0 Å². The molecule has 2 saturated carbocycles. The van der Waals surface area contributed by atoms with Crippen LogP contribution in [0.5, 0.6) is 0 Å². The number of rotatable bonds is 1. The molecule has 3 nitrogen and oxygen atoms in total. The van der Waals surface area contributed by atoms with Gasteiger partial charge in [0.2, 0.25) is 5.91 Å². The van der Waals surface area contributed by atoms with Crippen LogP contribution in [0.25, 0.3) is 0 Å². The van der Waals surface area contributed by atoms with Gasteiger partial charge in [0.15, 0.2) is 0 Å². The maximum absolute atomic E-state index is 11.4. The van der Waals surface area contributed by atoms with Crippen molar-refractivity contribution >= 4 is 5.91 Å². The molecule has 3 fully saturated rings. The van der Waals surface area contributed by atoms with Crippen molar-refractivity contribution in [3.63, 3.8) is 0 Å². The van der Waals surface area contributed by atoms with E-state index in [1.54, 1.807) is 0 Å². The van der Waals surface area contributed by atoms with Crippen LogP contribution in [0.3, 0.4) is 0 Å². The van der Waals surface area contributed by atoms with Crippen LogP contribution in [0.1, 0.15) is 38.5 Å². The van der Waals surface area contributed by atoms with Crippen LogP contribution in [0.2, 0.25) is 0 Å². The average Bonchev–Trinajstić information content (AvgIpc) is 2.83. The summed E-state index contributed by atoms with van der Waals surface area (Å²) in [5.74, 6) is 2.68. The first-order chi connectivity index (χ1) is 7.24. The second kappa shape index (κ2) is 3.48. The molecule has 84 valence electrons. The lowest BCUT2D eigenvalue weighted by Gasteiger charge is -2.37. The molecule has 3 rings (SSSR count). The maximum atomic E-state index is 11.4. The third-order valence-electron chi connectivity index (χ3n) is 4.75. The molecular weight excluding hydrogens is 188 g/mol. The van der Waals surface area contributed by atoms with Crippen molar-refractivity contribution < 1.29 is 4.79 Å². The standard InChI is InChI=1S/C12H20N2O/c13-10-3-4-11(15)14-12(10)9-6-7-1-2-8(9)5-7/h7-10,12H,1-6,13H2,(H,14,15)/t7-,8-,9-,10+,12+/m0/s1. The Labute approximate surface area is 90.8 Å². The Morgan fingerprint density at radius 2 is 2.07 bits per heavy atom. The first kappa shape index (κ1) is 9.64. The molecule has 1 amide bonds. The van der Waals surface area contributed by atoms with Gasteiger partial charge in [0.25, 0.3) is 0 Å². The Balaban J connectivity index is 1.72. The summed E-state index contributed by atoms with van der Waals surface area (Å²) in [6.07, 6.45) is 6.99. The van der Waals surface area contributed by atoms with E-state index in [4.69, 9.17) is 5.73 Å². The van der Waals surface area contributed by atoms with E-state index in [0.717, 1.165) is 18.3 Å². The summed E-state index contributed by atoms with van der Waals surface area (Å²) in [7, 11) is 0. The summed E-state index contributed by atoms with van der Waals surface area (Å²) in [5, 5.41) is 3.13. The lowest BCUT2D eigenvalue weighted by atomic mass is 9.78. The predicted octanol–water partition coefficient (Wildman–Crippen LogP) is 1.03. The van der Waals surface area contributed by atoms with Gasteiger partial charge >= 0.3 is 0 Å². The number of nitrogens with two attached hydrogens (primary N) is 1. The minimum Gasteiger partial charge on any atom is -0.352 e. The van der Waals surface area contributed by atoms with E-state index in [2.05, 4.69) is 5.32 Å². The van der Waals surface area contributed by atoms with E-state index >= 15 is 0 Å². The van der Waals surface area contributed by atoms with Gasteiger partial charge < -0.3 is 11.1 Å². The van der Waals surface area contributed by atoms with Crippen molar-refractivity contribution in [2.24, 2.45) is 23.5 Å². The van der Waals surface area contributed by atoms with E-state index in [1.807, 2.05) is 0 Å². The van der Waals surface area contributed by atoms with E-state index in [0.29, 0.717) is 12.3 Å². The molecule has 0 spiro atoms. The minimum absolute atomic E-state index is 0.201. The predicted molar refractivity (Wildman–Crippen MR) is 58.1 cm³/mol. The fourth-order valence-corrected chi connectivity index (χ4v) is 4.00. The molecule has 5 atom stereocenters. The molecule has 1 heterocycles. The quantitative estimate of drug-likeness (QED) is 0.676. The van der Waals surface area contributed by atoms with E-state index in [-0.39, 0.29) is 18.0 Å². The van der Waals surface area contributed by atoms with Gasteiger partial charge in [0.1, 0.15) is 0 Å². The van der Waals surface area contributed by atoms with Gasteiger partial charge in [-0.05, 0) is 43.4 Å². The van der Waals surface area contributed by atoms with Gasteiger partial charge in [-0.25, -0.2) is 0 Å². The monoisotopic (exact) mass is 208 g/mol. The van der Waals surface area contributed by atoms with E-state index in [9.17, 15) is 4.79 Å². The smallest absolute Gasteiger partial charge is 0.220 e. The number of amides is 1. The summed E-state index contributed by atoms with van der Waals surface area (Å²) in [6, 6.07) is 0.480. The highest BCUT2D eigenvalue weighted by molar-refractivity contribution is 5.77. The molecule has 1 aliphatic heterocycles. The van der Waals surface area contributed by atoms with Crippen molar-refractivity contribution in [1.82, 2.24) is 5.32 Å². The van der Waals surface area contributed by atoms with Gasteiger partial charge in [0.05, 0.1) is 0 Å². The zero-order chi connectivity index (χ0) is 10.4. The van der Waals surface area contributed by atoms with Gasteiger partial charge in [-0.15, -0.1) is 0 Å². The van der Waals surface area contributed by atoms with Crippen molar-refractivity contribution in [2.75, 3.05) is 0 Å². The molecule has 0 aromatic rings. The van der Waals surface area contributed by atoms with Crippen molar-refractivity contribution in [1.29, 1.82) is 0 Å². The second-order valence-electron chi connectivity index (χ2n) is 5.63. The first-order valence-corrected chi connectivity index (χ1v) is 6.29. The molecule has 3 aliphatic rings. The van der Waals surface area contributed by atoms with Gasteiger partial charge in [-0.2, -0.15) is 0 Å². The zero-order valence-electron chi connectivity index (χ0n) is 9.11. The van der Waals surface area contributed by atoms with Crippen LogP contribution >= 0.6 is 0 Å². The fraction of sp³-hybridized carbons (Fsp3) is 0.917. The van der Waals surface area contributed by atoms with Gasteiger partial charge in [-0.3, -0.25) is 4.79 Å². The molecule has 3 heteroatoms. The normalized spacial score (nSPS) is 49.4. The highest BCUT2D eigenvalue weighted by Crippen LogP contribution is 2.50. The van der Waals surface area contributed by atoms with Gasteiger partial charge in [-0.1, -0.05) is 6.42 Å². The third kappa shape index (κ3) is 1.57. The van der Waals surface area contributed by atoms with Crippen LogP contribution in [0.4, 0.5) is 0 Å². The Kier molecular flexibility index (Phi) is 2.23. The third-order valence-corrected chi connectivity index (χ3v) is 4.75. The van der Waals surface area contributed by atoms with Crippen LogP contribution < -0.4 is 11.1 Å². The summed E-state index contributed by atoms with van der Waals surface area (Å²) in [6.45, 7) is 0. The zero-order valence-corrected chi connectivity index (χ0v) is 9.11. The number of nitrogens with one attached hydrogen (secondary N) is 1. The molecule has 2 bridgehead atoms. The first-order valence-electron chi connectivity index (χ1n) is 6.29. The van der Waals surface area contributed by atoms with Crippen LogP contribution in [-0.2, 0) is 4.79 Å². The Morgan fingerprint density at radius 3 is 2.73 bits per heavy atom. The molecule has 0 radical (unpaired) electrons. The highest BCUT2D eigenvalue weighted by Gasteiger charge is 2.45. The van der Waals surface area contributed by atoms with Crippen molar-refractivity contribution in [3.05, 3.63) is 0 Å². The molecule has 0 unspecified atom stereocenters. The van der Waals surface area contributed by atoms with Crippen molar-refractivity contribution in [3.8, 4) is 0 Å². The molecule has 15 heavy (non-hydrogen) atoms. The number of piperidine rings is 1. The molecule has 0 aromatic carbocycles. The maximum Gasteiger partial charge on any atom is 0.220 e. The van der Waals surface area contributed by atoms with Crippen LogP contribution in [0.15, 0.2) is 0 Å². The largest absolute Gasteiger partial charge is 0.352 e. The Hall–Kier alpha value is -0.570. The number of hydrogen-bond donors (Lipinski definition) is 2. The number of fused-ring (bicyclic) bond motifs is 2. The van der Waals surface area contributed by atoms with Crippen molar-refractivity contribution in [2.45, 2.75) is 50.6 Å². The molecule has 3 N–H and O–H groups in total. The molecule has 0 aromatic heterocycles. The second-order valence-corrected chi connectivity index (χ2v) is 5.63. The lowest BCUT2D eigenvalue weighted by Crippen LogP contribution is -2.56. The van der Waals surface area contributed by atoms with Crippen LogP contribution in [0, 0.1) is 17.8 Å². The number of carbonyl (C=O) groups excluding carboxylic acids is 1. The SMILES string of the molecule is N[C@@H]1CCC(=O)N[C@@H]1[C@H]1C[C@H]2CC[C@H]1C2. The Morgan fingerprint density at radius 1 is 1.20 bits per heavy atom. The minimum atomic E-state index is 0.201. The summed E-state index contributed by atoms with van der Waals surface area (Å²) in [4.78, 5) is 11.4. The summed E-state index contributed by atoms with van der Waals surface area (Å²) < 4.78 is 0. The topological polar surface area (TPSA) is 55.1 Å².